The number of likely N-dealkylation sites (tertiary alicyclic amines) is 1. The highest BCUT2D eigenvalue weighted by Crippen LogP contribution is 2.33. The number of rotatable bonds is 5. The van der Waals surface area contributed by atoms with Crippen molar-refractivity contribution in [2.24, 2.45) is 0 Å². The molecule has 2 aromatic heterocycles. The van der Waals surface area contributed by atoms with Gasteiger partial charge < -0.3 is 9.64 Å². The topological polar surface area (TPSA) is 68.2 Å². The third-order valence-electron chi connectivity index (χ3n) is 4.57. The van der Waals surface area contributed by atoms with Gasteiger partial charge in [-0.15, -0.1) is 11.3 Å². The Labute approximate surface area is 161 Å². The summed E-state index contributed by atoms with van der Waals surface area (Å²) in [7, 11) is 0. The van der Waals surface area contributed by atoms with Gasteiger partial charge in [-0.2, -0.15) is 0 Å². The molecule has 1 aliphatic rings. The van der Waals surface area contributed by atoms with Crippen molar-refractivity contribution in [3.63, 3.8) is 0 Å². The van der Waals surface area contributed by atoms with Gasteiger partial charge in [0.25, 0.3) is 5.91 Å². The smallest absolute Gasteiger partial charge is 0.261 e. The number of amides is 1. The van der Waals surface area contributed by atoms with Crippen LogP contribution in [0, 0.1) is 0 Å². The second-order valence-corrected chi connectivity index (χ2v) is 7.23. The molecular weight excluding hydrogens is 360 g/mol. The molecule has 0 aliphatic carbocycles. The number of benzene rings is 1. The Hall–Kier alpha value is -2.80. The van der Waals surface area contributed by atoms with E-state index in [2.05, 4.69) is 9.97 Å². The molecular formula is C20H20N4O2S. The predicted molar refractivity (Wildman–Crippen MR) is 103 cm³/mol. The highest BCUT2D eigenvalue weighted by atomic mass is 32.1. The van der Waals surface area contributed by atoms with Crippen molar-refractivity contribution in [3.05, 3.63) is 60.0 Å². The second-order valence-electron chi connectivity index (χ2n) is 6.37. The van der Waals surface area contributed by atoms with Crippen LogP contribution in [0.15, 0.2) is 54.3 Å². The number of carbonyl (C=O) groups is 1. The van der Waals surface area contributed by atoms with Crippen LogP contribution >= 0.6 is 11.3 Å². The van der Waals surface area contributed by atoms with Crippen molar-refractivity contribution in [1.82, 2.24) is 19.9 Å². The van der Waals surface area contributed by atoms with E-state index in [0.717, 1.165) is 42.2 Å². The van der Waals surface area contributed by atoms with Gasteiger partial charge in [0, 0.05) is 24.3 Å². The highest BCUT2D eigenvalue weighted by molar-refractivity contribution is 7.13. The molecule has 0 radical (unpaired) electrons. The molecule has 4 rings (SSSR count). The predicted octanol–water partition coefficient (Wildman–Crippen LogP) is 3.73. The molecule has 7 heteroatoms. The van der Waals surface area contributed by atoms with Gasteiger partial charge in [0.2, 0.25) is 0 Å². The Morgan fingerprint density at radius 2 is 2.11 bits per heavy atom. The molecule has 1 saturated heterocycles. The molecule has 6 nitrogen and oxygen atoms in total. The minimum atomic E-state index is -0.00713. The maximum Gasteiger partial charge on any atom is 0.261 e. The zero-order valence-corrected chi connectivity index (χ0v) is 15.6. The van der Waals surface area contributed by atoms with Crippen LogP contribution in [0.25, 0.3) is 10.7 Å². The highest BCUT2D eigenvalue weighted by Gasteiger charge is 2.30. The molecule has 0 bridgehead atoms. The summed E-state index contributed by atoms with van der Waals surface area (Å²) in [4.78, 5) is 27.8. The first-order valence-electron chi connectivity index (χ1n) is 9.00. The van der Waals surface area contributed by atoms with Gasteiger partial charge in [-0.25, -0.2) is 4.98 Å². The van der Waals surface area contributed by atoms with Gasteiger partial charge in [-0.1, -0.05) is 18.2 Å². The number of carbonyl (C=O) groups excluding carboxylic acids is 1. The van der Waals surface area contributed by atoms with E-state index in [0.29, 0.717) is 5.75 Å². The Balaban J connectivity index is 1.47. The van der Waals surface area contributed by atoms with E-state index in [-0.39, 0.29) is 18.6 Å². The Bertz CT molecular complexity index is 885. The third-order valence-corrected chi connectivity index (χ3v) is 5.46. The molecule has 1 amide bonds. The van der Waals surface area contributed by atoms with Crippen molar-refractivity contribution >= 4 is 17.2 Å². The number of hydrogen-bond donors (Lipinski definition) is 0. The lowest BCUT2D eigenvalue weighted by Crippen LogP contribution is -2.41. The fraction of sp³-hybridized carbons (Fsp3) is 0.300. The summed E-state index contributed by atoms with van der Waals surface area (Å²) >= 11 is 1.54. The van der Waals surface area contributed by atoms with E-state index in [1.807, 2.05) is 40.6 Å². The maximum absolute atomic E-state index is 12.8. The Kier molecular flexibility index (Phi) is 5.39. The fourth-order valence-corrected chi connectivity index (χ4v) is 4.08. The van der Waals surface area contributed by atoms with E-state index in [1.54, 1.807) is 18.6 Å². The van der Waals surface area contributed by atoms with Crippen LogP contribution in [0.1, 0.15) is 31.0 Å². The van der Waals surface area contributed by atoms with Gasteiger partial charge >= 0.3 is 0 Å². The lowest BCUT2D eigenvalue weighted by atomic mass is 10.00. The zero-order valence-electron chi connectivity index (χ0n) is 14.8. The minimum Gasteiger partial charge on any atom is -0.484 e. The standard InChI is InChI=1S/C20H20N4O2S/c25-19(13-26-15-6-2-1-3-7-15)24-11-5-4-8-18(24)17-14-27-20(23-17)16-12-21-9-10-22-16/h1-3,6-7,9-10,12,14,18H,4-5,8,11,13H2/t18-/m1/s1. The van der Waals surface area contributed by atoms with Crippen LogP contribution in [0.4, 0.5) is 0 Å². The van der Waals surface area contributed by atoms with E-state index in [9.17, 15) is 4.79 Å². The first-order valence-corrected chi connectivity index (χ1v) is 9.88. The van der Waals surface area contributed by atoms with E-state index in [4.69, 9.17) is 9.72 Å². The van der Waals surface area contributed by atoms with Crippen molar-refractivity contribution in [1.29, 1.82) is 0 Å². The number of aromatic nitrogens is 3. The van der Waals surface area contributed by atoms with Crippen LogP contribution in [0.3, 0.4) is 0 Å². The average molecular weight is 380 g/mol. The van der Waals surface area contributed by atoms with Crippen LogP contribution < -0.4 is 4.74 Å². The van der Waals surface area contributed by atoms with Crippen molar-refractivity contribution < 1.29 is 9.53 Å². The molecule has 1 aromatic carbocycles. The monoisotopic (exact) mass is 380 g/mol. The summed E-state index contributed by atoms with van der Waals surface area (Å²) < 4.78 is 5.65. The maximum atomic E-state index is 12.8. The molecule has 27 heavy (non-hydrogen) atoms. The zero-order chi connectivity index (χ0) is 18.5. The van der Waals surface area contributed by atoms with Crippen LogP contribution in [0.5, 0.6) is 5.75 Å². The molecule has 0 unspecified atom stereocenters. The summed E-state index contributed by atoms with van der Waals surface area (Å²) in [6.45, 7) is 0.779. The molecule has 0 N–H and O–H groups in total. The molecule has 138 valence electrons. The van der Waals surface area contributed by atoms with Crippen molar-refractivity contribution in [2.75, 3.05) is 13.2 Å². The summed E-state index contributed by atoms with van der Waals surface area (Å²) in [5.41, 5.74) is 1.68. The summed E-state index contributed by atoms with van der Waals surface area (Å²) in [6, 6.07) is 9.42. The van der Waals surface area contributed by atoms with Gasteiger partial charge in [0.05, 0.1) is 17.9 Å². The van der Waals surface area contributed by atoms with Crippen LogP contribution in [-0.2, 0) is 4.79 Å². The lowest BCUT2D eigenvalue weighted by molar-refractivity contribution is -0.137. The molecule has 1 atom stereocenters. The largest absolute Gasteiger partial charge is 0.484 e. The van der Waals surface area contributed by atoms with Crippen LogP contribution in [-0.4, -0.2) is 38.9 Å². The quantitative estimate of drug-likeness (QED) is 0.675. The van der Waals surface area contributed by atoms with Crippen molar-refractivity contribution in [3.8, 4) is 16.5 Å². The second kappa shape index (κ2) is 8.26. The van der Waals surface area contributed by atoms with E-state index >= 15 is 0 Å². The van der Waals surface area contributed by atoms with E-state index < -0.39 is 0 Å². The van der Waals surface area contributed by atoms with Crippen molar-refractivity contribution in [2.45, 2.75) is 25.3 Å². The Morgan fingerprint density at radius 3 is 2.93 bits per heavy atom. The summed E-state index contributed by atoms with van der Waals surface area (Å²) in [5.74, 6) is 0.704. The summed E-state index contributed by atoms with van der Waals surface area (Å²) in [5, 5.41) is 2.86. The van der Waals surface area contributed by atoms with Gasteiger partial charge in [-0.05, 0) is 31.4 Å². The SMILES string of the molecule is O=C(COc1ccccc1)N1CCCC[C@@H]1c1csc(-c2cnccn2)n1. The number of ether oxygens (including phenoxy) is 1. The molecule has 3 aromatic rings. The molecule has 1 fully saturated rings. The normalized spacial score (nSPS) is 16.9. The van der Waals surface area contributed by atoms with E-state index in [1.165, 1.54) is 11.3 Å². The fourth-order valence-electron chi connectivity index (χ4n) is 3.25. The Morgan fingerprint density at radius 1 is 1.22 bits per heavy atom. The molecule has 3 heterocycles. The molecule has 0 saturated carbocycles. The third kappa shape index (κ3) is 4.14. The van der Waals surface area contributed by atoms with Gasteiger partial charge in [0.15, 0.2) is 6.61 Å². The molecule has 1 aliphatic heterocycles. The molecule has 0 spiro atoms. The number of thiazole rings is 1. The number of para-hydroxylation sites is 1. The van der Waals surface area contributed by atoms with Gasteiger partial charge in [-0.3, -0.25) is 14.8 Å². The minimum absolute atomic E-state index is 0.00222. The first kappa shape index (κ1) is 17.6. The number of nitrogens with zero attached hydrogens (tertiary/aromatic N) is 4. The van der Waals surface area contributed by atoms with Crippen LogP contribution in [0.2, 0.25) is 0 Å². The van der Waals surface area contributed by atoms with Gasteiger partial charge in [0.1, 0.15) is 16.5 Å². The number of hydrogen-bond acceptors (Lipinski definition) is 6. The first-order chi connectivity index (χ1) is 13.3. The lowest BCUT2D eigenvalue weighted by Gasteiger charge is -2.34. The number of piperidine rings is 1. The average Bonchev–Trinajstić information content (AvgIpc) is 3.23. The summed E-state index contributed by atoms with van der Waals surface area (Å²) in [6.07, 6.45) is 8.03.